The number of rotatable bonds is 5. The Morgan fingerprint density at radius 1 is 1.11 bits per heavy atom. The van der Waals surface area contributed by atoms with E-state index in [0.29, 0.717) is 16.2 Å². The number of carbonyl (C=O) groups excluding carboxylic acids is 1. The van der Waals surface area contributed by atoms with Crippen LogP contribution in [0, 0.1) is 0 Å². The van der Waals surface area contributed by atoms with Gasteiger partial charge in [-0.1, -0.05) is 42.5 Å². The van der Waals surface area contributed by atoms with E-state index in [0.717, 1.165) is 17.0 Å². The van der Waals surface area contributed by atoms with Gasteiger partial charge in [-0.25, -0.2) is 0 Å². The highest BCUT2D eigenvalue weighted by atomic mass is 32.1. The second-order valence-corrected chi connectivity index (χ2v) is 7.26. The summed E-state index contributed by atoms with van der Waals surface area (Å²) >= 11 is 5.47. The van der Waals surface area contributed by atoms with E-state index < -0.39 is 0 Å². The Morgan fingerprint density at radius 2 is 1.74 bits per heavy atom. The van der Waals surface area contributed by atoms with Crippen LogP contribution < -0.4 is 10.1 Å². The quantitative estimate of drug-likeness (QED) is 0.611. The van der Waals surface area contributed by atoms with Gasteiger partial charge < -0.3 is 15.0 Å². The zero-order valence-corrected chi connectivity index (χ0v) is 16.8. The number of benzene rings is 2. The molecule has 0 aromatic heterocycles. The highest BCUT2D eigenvalue weighted by Crippen LogP contribution is 2.33. The highest BCUT2D eigenvalue weighted by molar-refractivity contribution is 7.80. The molecule has 0 saturated carbocycles. The minimum atomic E-state index is -0.297. The maximum atomic E-state index is 13.3. The summed E-state index contributed by atoms with van der Waals surface area (Å²) in [5.74, 6) is 0.809. The number of carbonyl (C=O) groups is 1. The molecule has 140 valence electrons. The lowest BCUT2D eigenvalue weighted by molar-refractivity contribution is 0.102. The first-order valence-electron chi connectivity index (χ1n) is 9.00. The number of Topliss-reactive ketones (excluding diaryl/α,β-unsaturated/α-hetero) is 1. The van der Waals surface area contributed by atoms with Crippen LogP contribution in [-0.4, -0.2) is 28.9 Å². The SMILES string of the molecule is CC1=C(C(=O)c2ccccc2)C(c2ccc(OC(C)C)cc2)NC(=S)N1C. The van der Waals surface area contributed by atoms with Crippen molar-refractivity contribution in [3.63, 3.8) is 0 Å². The van der Waals surface area contributed by atoms with Crippen molar-refractivity contribution in [2.45, 2.75) is 32.9 Å². The van der Waals surface area contributed by atoms with Gasteiger partial charge in [0, 0.05) is 23.9 Å². The number of hydrogen-bond donors (Lipinski definition) is 1. The molecule has 4 nitrogen and oxygen atoms in total. The highest BCUT2D eigenvalue weighted by Gasteiger charge is 2.32. The Morgan fingerprint density at radius 3 is 2.33 bits per heavy atom. The molecular weight excluding hydrogens is 356 g/mol. The molecule has 0 fully saturated rings. The zero-order chi connectivity index (χ0) is 19.6. The molecule has 1 aliphatic heterocycles. The first-order chi connectivity index (χ1) is 12.9. The third-order valence-corrected chi connectivity index (χ3v) is 5.01. The van der Waals surface area contributed by atoms with Crippen molar-refractivity contribution in [1.29, 1.82) is 0 Å². The second-order valence-electron chi connectivity index (χ2n) is 6.87. The molecule has 2 aromatic carbocycles. The van der Waals surface area contributed by atoms with Gasteiger partial charge in [-0.3, -0.25) is 4.79 Å². The predicted octanol–water partition coefficient (Wildman–Crippen LogP) is 4.49. The van der Waals surface area contributed by atoms with Crippen LogP contribution in [0.1, 0.15) is 42.7 Å². The third kappa shape index (κ3) is 4.03. The molecule has 0 aliphatic carbocycles. The summed E-state index contributed by atoms with van der Waals surface area (Å²) < 4.78 is 5.73. The van der Waals surface area contributed by atoms with E-state index in [1.165, 1.54) is 0 Å². The maximum Gasteiger partial charge on any atom is 0.193 e. The first-order valence-corrected chi connectivity index (χ1v) is 9.40. The lowest BCUT2D eigenvalue weighted by Gasteiger charge is -2.36. The molecule has 0 radical (unpaired) electrons. The molecule has 0 bridgehead atoms. The van der Waals surface area contributed by atoms with E-state index in [9.17, 15) is 4.79 Å². The lowest BCUT2D eigenvalue weighted by Crippen LogP contribution is -2.45. The molecule has 5 heteroatoms. The summed E-state index contributed by atoms with van der Waals surface area (Å²) in [6.45, 7) is 5.92. The van der Waals surface area contributed by atoms with Gasteiger partial charge in [-0.05, 0) is 50.7 Å². The Hall–Kier alpha value is -2.66. The lowest BCUT2D eigenvalue weighted by atomic mass is 9.89. The molecule has 3 rings (SSSR count). The van der Waals surface area contributed by atoms with Gasteiger partial charge in [-0.2, -0.15) is 0 Å². The third-order valence-electron chi connectivity index (χ3n) is 4.62. The van der Waals surface area contributed by atoms with E-state index in [4.69, 9.17) is 17.0 Å². The van der Waals surface area contributed by atoms with Crippen LogP contribution in [0.2, 0.25) is 0 Å². The Kier molecular flexibility index (Phi) is 5.61. The van der Waals surface area contributed by atoms with E-state index in [-0.39, 0.29) is 17.9 Å². The average molecular weight is 381 g/mol. The second kappa shape index (κ2) is 7.92. The fourth-order valence-electron chi connectivity index (χ4n) is 3.14. The van der Waals surface area contributed by atoms with Crippen LogP contribution in [0.25, 0.3) is 0 Å². The van der Waals surface area contributed by atoms with Gasteiger partial charge in [0.15, 0.2) is 10.9 Å². The normalized spacial score (nSPS) is 17.1. The minimum absolute atomic E-state index is 0.00227. The Labute approximate surface area is 165 Å². The van der Waals surface area contributed by atoms with E-state index in [1.54, 1.807) is 0 Å². The molecule has 1 heterocycles. The number of allylic oxidation sites excluding steroid dienone is 1. The van der Waals surface area contributed by atoms with Crippen LogP contribution >= 0.6 is 12.2 Å². The molecule has 0 spiro atoms. The van der Waals surface area contributed by atoms with Gasteiger partial charge in [0.1, 0.15) is 5.75 Å². The number of thiocarbonyl (C=S) groups is 1. The van der Waals surface area contributed by atoms with Gasteiger partial charge >= 0.3 is 0 Å². The van der Waals surface area contributed by atoms with E-state index in [1.807, 2.05) is 87.3 Å². The van der Waals surface area contributed by atoms with Crippen molar-refractivity contribution < 1.29 is 9.53 Å². The van der Waals surface area contributed by atoms with Gasteiger partial charge in [0.05, 0.1) is 12.1 Å². The molecule has 27 heavy (non-hydrogen) atoms. The van der Waals surface area contributed by atoms with Crippen LogP contribution in [0.15, 0.2) is 65.9 Å². The first kappa shape index (κ1) is 19.1. The van der Waals surface area contributed by atoms with Crippen molar-refractivity contribution in [1.82, 2.24) is 10.2 Å². The predicted molar refractivity (Wildman–Crippen MR) is 112 cm³/mol. The van der Waals surface area contributed by atoms with Gasteiger partial charge in [0.2, 0.25) is 0 Å². The summed E-state index contributed by atoms with van der Waals surface area (Å²) in [5, 5.41) is 3.91. The smallest absolute Gasteiger partial charge is 0.193 e. The molecule has 2 aromatic rings. The van der Waals surface area contributed by atoms with Gasteiger partial charge in [-0.15, -0.1) is 0 Å². The fraction of sp³-hybridized carbons (Fsp3) is 0.273. The minimum Gasteiger partial charge on any atom is -0.491 e. The summed E-state index contributed by atoms with van der Waals surface area (Å²) in [7, 11) is 1.87. The number of ketones is 1. The monoisotopic (exact) mass is 380 g/mol. The van der Waals surface area contributed by atoms with Crippen molar-refractivity contribution in [2.75, 3.05) is 7.05 Å². The van der Waals surface area contributed by atoms with Crippen molar-refractivity contribution >= 4 is 23.1 Å². The molecule has 1 unspecified atom stereocenters. The average Bonchev–Trinajstić information content (AvgIpc) is 2.66. The maximum absolute atomic E-state index is 13.3. The zero-order valence-electron chi connectivity index (χ0n) is 16.0. The molecule has 1 N–H and O–H groups in total. The Bertz CT molecular complexity index is 873. The van der Waals surface area contributed by atoms with Crippen LogP contribution in [0.4, 0.5) is 0 Å². The molecule has 1 atom stereocenters. The summed E-state index contributed by atoms with van der Waals surface area (Å²) in [4.78, 5) is 15.1. The van der Waals surface area contributed by atoms with Crippen LogP contribution in [-0.2, 0) is 0 Å². The van der Waals surface area contributed by atoms with Crippen molar-refractivity contribution in [3.8, 4) is 5.75 Å². The molecular formula is C22H24N2O2S. The molecule has 1 aliphatic rings. The number of ether oxygens (including phenoxy) is 1. The fourth-order valence-corrected chi connectivity index (χ4v) is 3.39. The summed E-state index contributed by atoms with van der Waals surface area (Å²) in [6.07, 6.45) is 0.113. The van der Waals surface area contributed by atoms with E-state index >= 15 is 0 Å². The van der Waals surface area contributed by atoms with Gasteiger partial charge in [0.25, 0.3) is 0 Å². The molecule has 0 amide bonds. The largest absolute Gasteiger partial charge is 0.491 e. The summed E-state index contributed by atoms with van der Waals surface area (Å²) in [6, 6.07) is 16.9. The van der Waals surface area contributed by atoms with Crippen molar-refractivity contribution in [3.05, 3.63) is 77.0 Å². The topological polar surface area (TPSA) is 41.6 Å². The molecule has 0 saturated heterocycles. The van der Waals surface area contributed by atoms with Crippen molar-refractivity contribution in [2.24, 2.45) is 0 Å². The Balaban J connectivity index is 2.01. The number of nitrogens with one attached hydrogen (secondary N) is 1. The number of nitrogens with zero attached hydrogens (tertiary/aromatic N) is 1. The van der Waals surface area contributed by atoms with E-state index in [2.05, 4.69) is 5.32 Å². The number of hydrogen-bond acceptors (Lipinski definition) is 3. The summed E-state index contributed by atoms with van der Waals surface area (Å²) in [5.41, 5.74) is 3.20. The van der Waals surface area contributed by atoms with Crippen LogP contribution in [0.3, 0.4) is 0 Å². The standard InChI is InChI=1S/C22H24N2O2S/c1-14(2)26-18-12-10-16(11-13-18)20-19(15(3)24(4)22(27)23-20)21(25)17-8-6-5-7-9-17/h5-14,20H,1-4H3,(H,23,27). The van der Waals surface area contributed by atoms with Crippen LogP contribution in [0.5, 0.6) is 5.75 Å².